The molecule has 35 heavy (non-hydrogen) atoms. The monoisotopic (exact) mass is 499 g/mol. The second kappa shape index (κ2) is 10.3. The van der Waals surface area contributed by atoms with Gasteiger partial charge in [-0.15, -0.1) is 11.3 Å². The van der Waals surface area contributed by atoms with Gasteiger partial charge in [0, 0.05) is 44.1 Å². The van der Waals surface area contributed by atoms with Crippen LogP contribution in [0.2, 0.25) is 0 Å². The average molecular weight is 500 g/mol. The summed E-state index contributed by atoms with van der Waals surface area (Å²) in [6, 6.07) is 0. The van der Waals surface area contributed by atoms with E-state index in [1.807, 2.05) is 16.2 Å². The Hall–Kier alpha value is -1.81. The van der Waals surface area contributed by atoms with E-state index < -0.39 is 0 Å². The molecule has 3 aliphatic heterocycles. The van der Waals surface area contributed by atoms with Crippen molar-refractivity contribution in [3.8, 4) is 0 Å². The van der Waals surface area contributed by atoms with Crippen molar-refractivity contribution in [2.75, 3.05) is 70.6 Å². The van der Waals surface area contributed by atoms with E-state index in [-0.39, 0.29) is 11.8 Å². The maximum atomic E-state index is 13.3. The smallest absolute Gasteiger partial charge is 0.227 e. The van der Waals surface area contributed by atoms with E-state index in [0.29, 0.717) is 26.3 Å². The van der Waals surface area contributed by atoms with E-state index in [2.05, 4.69) is 16.7 Å². The summed E-state index contributed by atoms with van der Waals surface area (Å²) in [5.41, 5.74) is 1.47. The number of anilines is 1. The summed E-state index contributed by atoms with van der Waals surface area (Å²) in [5, 5.41) is 1.27. The number of hydrogen-bond donors (Lipinski definition) is 0. The fourth-order valence-corrected chi connectivity index (χ4v) is 7.43. The number of morpholine rings is 2. The van der Waals surface area contributed by atoms with Gasteiger partial charge < -0.3 is 19.3 Å². The fourth-order valence-electron chi connectivity index (χ4n) is 6.04. The molecule has 2 aromatic heterocycles. The Morgan fingerprint density at radius 2 is 1.80 bits per heavy atom. The Bertz CT molecular complexity index is 1060. The molecule has 190 valence electrons. The third-order valence-corrected chi connectivity index (χ3v) is 9.19. The molecule has 1 amide bonds. The van der Waals surface area contributed by atoms with Crippen LogP contribution >= 0.6 is 11.3 Å². The van der Waals surface area contributed by atoms with Crippen molar-refractivity contribution in [1.82, 2.24) is 19.8 Å². The van der Waals surface area contributed by atoms with Crippen molar-refractivity contribution in [3.05, 3.63) is 16.3 Å². The largest absolute Gasteiger partial charge is 0.379 e. The van der Waals surface area contributed by atoms with Crippen LogP contribution in [-0.2, 0) is 33.7 Å². The van der Waals surface area contributed by atoms with Crippen LogP contribution in [0.5, 0.6) is 0 Å². The molecule has 3 fully saturated rings. The van der Waals surface area contributed by atoms with E-state index in [0.717, 1.165) is 94.0 Å². The predicted octanol–water partition coefficient (Wildman–Crippen LogP) is 2.72. The van der Waals surface area contributed by atoms with Gasteiger partial charge in [0.25, 0.3) is 0 Å². The minimum absolute atomic E-state index is 0.0315. The lowest BCUT2D eigenvalue weighted by Gasteiger charge is -2.37. The molecule has 0 spiro atoms. The van der Waals surface area contributed by atoms with Gasteiger partial charge in [0.15, 0.2) is 0 Å². The van der Waals surface area contributed by atoms with E-state index in [1.165, 1.54) is 22.2 Å². The molecule has 0 N–H and O–H groups in total. The number of nitrogens with zero attached hydrogens (tertiary/aromatic N) is 5. The van der Waals surface area contributed by atoms with Gasteiger partial charge in [0.05, 0.1) is 44.3 Å². The van der Waals surface area contributed by atoms with Crippen LogP contribution in [-0.4, -0.2) is 91.4 Å². The van der Waals surface area contributed by atoms with Gasteiger partial charge >= 0.3 is 0 Å². The minimum atomic E-state index is 0.0315. The van der Waals surface area contributed by atoms with Crippen LogP contribution in [0.3, 0.4) is 0 Å². The Kier molecular flexibility index (Phi) is 6.93. The molecular formula is C26H37N5O3S. The molecular weight excluding hydrogens is 462 g/mol. The zero-order valence-electron chi connectivity index (χ0n) is 20.8. The third kappa shape index (κ3) is 4.92. The molecule has 6 rings (SSSR count). The maximum Gasteiger partial charge on any atom is 0.227 e. The Labute approximate surface area is 211 Å². The first-order valence-corrected chi connectivity index (χ1v) is 14.2. The van der Waals surface area contributed by atoms with E-state index in [9.17, 15) is 4.79 Å². The number of carbonyl (C=O) groups is 1. The molecule has 0 radical (unpaired) electrons. The number of fused-ring (bicyclic) bond motifs is 3. The summed E-state index contributed by atoms with van der Waals surface area (Å²) in [5.74, 6) is 3.03. The number of amides is 1. The second-order valence-corrected chi connectivity index (χ2v) is 11.7. The number of aromatic nitrogens is 2. The van der Waals surface area contributed by atoms with Crippen LogP contribution in [0.25, 0.3) is 10.2 Å². The predicted molar refractivity (Wildman–Crippen MR) is 137 cm³/mol. The number of rotatable bonds is 4. The molecule has 5 heterocycles. The van der Waals surface area contributed by atoms with Gasteiger partial charge in [-0.05, 0) is 43.6 Å². The van der Waals surface area contributed by atoms with E-state index >= 15 is 0 Å². The van der Waals surface area contributed by atoms with Crippen molar-refractivity contribution in [2.24, 2.45) is 11.8 Å². The number of carbonyl (C=O) groups excluding carboxylic acids is 1. The summed E-state index contributed by atoms with van der Waals surface area (Å²) >= 11 is 1.88. The molecule has 1 aliphatic carbocycles. The first-order valence-electron chi connectivity index (χ1n) is 13.4. The highest BCUT2D eigenvalue weighted by Gasteiger charge is 2.33. The quantitative estimate of drug-likeness (QED) is 0.641. The summed E-state index contributed by atoms with van der Waals surface area (Å²) in [6.07, 6.45) is 5.47. The van der Waals surface area contributed by atoms with Crippen molar-refractivity contribution in [1.29, 1.82) is 0 Å². The van der Waals surface area contributed by atoms with Crippen LogP contribution in [0.1, 0.15) is 42.5 Å². The number of piperidine rings is 1. The lowest BCUT2D eigenvalue weighted by atomic mass is 9.89. The minimum Gasteiger partial charge on any atom is -0.379 e. The SMILES string of the molecule is C[C@H]1CCc2c(sc3nc(CN4CCOCC4)nc(N4CCC[C@H](C(=O)N5CCOCC5)C4)c23)C1. The van der Waals surface area contributed by atoms with Crippen LogP contribution in [0, 0.1) is 11.8 Å². The summed E-state index contributed by atoms with van der Waals surface area (Å²) < 4.78 is 11.0. The van der Waals surface area contributed by atoms with Gasteiger partial charge in [-0.1, -0.05) is 6.92 Å². The van der Waals surface area contributed by atoms with Gasteiger partial charge in [0.1, 0.15) is 16.5 Å². The van der Waals surface area contributed by atoms with Crippen LogP contribution in [0.15, 0.2) is 0 Å². The van der Waals surface area contributed by atoms with Crippen molar-refractivity contribution in [3.63, 3.8) is 0 Å². The zero-order chi connectivity index (χ0) is 23.8. The molecule has 0 saturated carbocycles. The average Bonchev–Trinajstić information content (AvgIpc) is 3.26. The molecule has 2 atom stereocenters. The lowest BCUT2D eigenvalue weighted by Crippen LogP contribution is -2.48. The second-order valence-electron chi connectivity index (χ2n) is 10.6. The van der Waals surface area contributed by atoms with E-state index in [4.69, 9.17) is 19.4 Å². The molecule has 2 aromatic rings. The first-order chi connectivity index (χ1) is 17.2. The molecule has 0 bridgehead atoms. The van der Waals surface area contributed by atoms with Gasteiger partial charge in [-0.3, -0.25) is 9.69 Å². The number of thiophene rings is 1. The standard InChI is InChI=1S/C26H37N5O3S/c1-18-4-5-20-21(15-18)35-25-23(20)24(27-22(28-25)17-29-7-11-33-12-8-29)31-6-2-3-19(16-31)26(32)30-9-13-34-14-10-30/h18-19H,2-17H2,1H3/t18-,19-/m0/s1. The van der Waals surface area contributed by atoms with Gasteiger partial charge in [0.2, 0.25) is 5.91 Å². The highest BCUT2D eigenvalue weighted by Crippen LogP contribution is 2.42. The maximum absolute atomic E-state index is 13.3. The molecule has 0 unspecified atom stereocenters. The summed E-state index contributed by atoms with van der Waals surface area (Å²) in [7, 11) is 0. The first kappa shape index (κ1) is 23.6. The van der Waals surface area contributed by atoms with Crippen molar-refractivity contribution in [2.45, 2.75) is 45.6 Å². The molecule has 3 saturated heterocycles. The highest BCUT2D eigenvalue weighted by molar-refractivity contribution is 7.19. The van der Waals surface area contributed by atoms with Crippen LogP contribution < -0.4 is 4.90 Å². The van der Waals surface area contributed by atoms with Crippen molar-refractivity contribution < 1.29 is 14.3 Å². The normalized spacial score (nSPS) is 26.2. The molecule has 0 aromatic carbocycles. The Morgan fingerprint density at radius 3 is 2.60 bits per heavy atom. The Balaban J connectivity index is 1.33. The van der Waals surface area contributed by atoms with E-state index in [1.54, 1.807) is 0 Å². The topological polar surface area (TPSA) is 71.0 Å². The van der Waals surface area contributed by atoms with Gasteiger partial charge in [-0.25, -0.2) is 9.97 Å². The Morgan fingerprint density at radius 1 is 1.03 bits per heavy atom. The van der Waals surface area contributed by atoms with Crippen LogP contribution in [0.4, 0.5) is 5.82 Å². The van der Waals surface area contributed by atoms with Crippen molar-refractivity contribution >= 4 is 33.3 Å². The third-order valence-electron chi connectivity index (χ3n) is 8.04. The molecule has 9 heteroatoms. The fraction of sp³-hybridized carbons (Fsp3) is 0.731. The number of ether oxygens (including phenoxy) is 2. The summed E-state index contributed by atoms with van der Waals surface area (Å²) in [4.78, 5) is 33.1. The summed E-state index contributed by atoms with van der Waals surface area (Å²) in [6.45, 7) is 11.0. The number of hydrogen-bond acceptors (Lipinski definition) is 8. The van der Waals surface area contributed by atoms with Gasteiger partial charge in [-0.2, -0.15) is 0 Å². The highest BCUT2D eigenvalue weighted by atomic mass is 32.1. The molecule has 8 nitrogen and oxygen atoms in total. The number of aryl methyl sites for hydroxylation is 1. The lowest BCUT2D eigenvalue weighted by molar-refractivity contribution is -0.139. The zero-order valence-corrected chi connectivity index (χ0v) is 21.7. The molecule has 4 aliphatic rings.